The van der Waals surface area contributed by atoms with Crippen molar-refractivity contribution in [2.75, 3.05) is 5.73 Å². The third kappa shape index (κ3) is 2.25. The summed E-state index contributed by atoms with van der Waals surface area (Å²) in [6.45, 7) is 0. The third-order valence-electron chi connectivity index (χ3n) is 2.81. The fraction of sp³-hybridized carbons (Fsp3) is 0.400. The second-order valence-electron chi connectivity index (χ2n) is 4.02. The van der Waals surface area contributed by atoms with Gasteiger partial charge in [-0.2, -0.15) is 0 Å². The molecule has 0 aliphatic heterocycles. The van der Waals surface area contributed by atoms with Gasteiger partial charge in [-0.1, -0.05) is 6.42 Å². The number of nitrogens with two attached hydrogens (primary N) is 1. The predicted molar refractivity (Wildman–Crippen MR) is 58.7 cm³/mol. The Bertz CT molecular complexity index is 541. The number of benzene rings is 1. The van der Waals surface area contributed by atoms with E-state index in [0.717, 1.165) is 31.4 Å². The Labute approximate surface area is 97.9 Å². The van der Waals surface area contributed by atoms with Crippen LogP contribution < -0.4 is 10.5 Å². The lowest BCUT2D eigenvalue weighted by molar-refractivity contribution is 0.382. The average Bonchev–Trinajstić information content (AvgIpc) is 2.20. The number of halogens is 2. The molecule has 1 aromatic carbocycles. The summed E-state index contributed by atoms with van der Waals surface area (Å²) in [4.78, 5) is -0.608. The van der Waals surface area contributed by atoms with Gasteiger partial charge in [-0.25, -0.2) is 21.9 Å². The third-order valence-corrected chi connectivity index (χ3v) is 4.35. The van der Waals surface area contributed by atoms with Gasteiger partial charge in [0.25, 0.3) is 0 Å². The van der Waals surface area contributed by atoms with Crippen LogP contribution in [0.2, 0.25) is 0 Å². The summed E-state index contributed by atoms with van der Waals surface area (Å²) in [7, 11) is -3.96. The van der Waals surface area contributed by atoms with Gasteiger partial charge < -0.3 is 5.73 Å². The number of nitrogen functional groups attached to an aromatic ring is 1. The SMILES string of the molecule is Nc1c(F)ccc(S(=O)(=O)NC2CCC2)c1F. The van der Waals surface area contributed by atoms with Crippen LogP contribution in [-0.4, -0.2) is 14.5 Å². The zero-order valence-corrected chi connectivity index (χ0v) is 9.73. The van der Waals surface area contributed by atoms with Crippen molar-refractivity contribution in [3.63, 3.8) is 0 Å². The summed E-state index contributed by atoms with van der Waals surface area (Å²) < 4.78 is 52.4. The van der Waals surface area contributed by atoms with E-state index in [1.165, 1.54) is 0 Å². The summed E-state index contributed by atoms with van der Waals surface area (Å²) in [5.41, 5.74) is 4.34. The van der Waals surface area contributed by atoms with Crippen molar-refractivity contribution in [1.82, 2.24) is 4.72 Å². The van der Waals surface area contributed by atoms with Crippen LogP contribution in [0.15, 0.2) is 17.0 Å². The number of anilines is 1. The van der Waals surface area contributed by atoms with Crippen LogP contribution in [-0.2, 0) is 10.0 Å². The van der Waals surface area contributed by atoms with Crippen molar-refractivity contribution in [2.24, 2.45) is 0 Å². The van der Waals surface area contributed by atoms with Crippen LogP contribution >= 0.6 is 0 Å². The molecular weight excluding hydrogens is 250 g/mol. The van der Waals surface area contributed by atoms with Crippen LogP contribution in [0.5, 0.6) is 0 Å². The van der Waals surface area contributed by atoms with Crippen LogP contribution in [0.1, 0.15) is 19.3 Å². The smallest absolute Gasteiger partial charge is 0.243 e. The minimum Gasteiger partial charge on any atom is -0.394 e. The molecule has 7 heteroatoms. The largest absolute Gasteiger partial charge is 0.394 e. The topological polar surface area (TPSA) is 72.2 Å². The summed E-state index contributed by atoms with van der Waals surface area (Å²) in [6, 6.07) is 1.56. The Morgan fingerprint density at radius 2 is 1.94 bits per heavy atom. The second kappa shape index (κ2) is 4.23. The standard InChI is InChI=1S/C10H12F2N2O2S/c11-7-4-5-8(9(12)10(7)13)17(15,16)14-6-2-1-3-6/h4-6,14H,1-3,13H2. The van der Waals surface area contributed by atoms with Crippen LogP contribution in [0.25, 0.3) is 0 Å². The Balaban J connectivity index is 2.35. The fourth-order valence-corrected chi connectivity index (χ4v) is 2.96. The van der Waals surface area contributed by atoms with Crippen molar-refractivity contribution in [3.8, 4) is 0 Å². The molecular formula is C10H12F2N2O2S. The van der Waals surface area contributed by atoms with Crippen molar-refractivity contribution < 1.29 is 17.2 Å². The van der Waals surface area contributed by atoms with E-state index in [2.05, 4.69) is 4.72 Å². The first-order valence-corrected chi connectivity index (χ1v) is 6.66. The first-order chi connectivity index (χ1) is 7.92. The van der Waals surface area contributed by atoms with Gasteiger partial charge in [0.15, 0.2) is 5.82 Å². The molecule has 0 heterocycles. The maximum absolute atomic E-state index is 13.5. The molecule has 3 N–H and O–H groups in total. The van der Waals surface area contributed by atoms with Crippen molar-refractivity contribution in [3.05, 3.63) is 23.8 Å². The van der Waals surface area contributed by atoms with Gasteiger partial charge >= 0.3 is 0 Å². The minimum absolute atomic E-state index is 0.161. The van der Waals surface area contributed by atoms with Crippen molar-refractivity contribution >= 4 is 15.7 Å². The highest BCUT2D eigenvalue weighted by Crippen LogP contribution is 2.25. The van der Waals surface area contributed by atoms with E-state index in [-0.39, 0.29) is 6.04 Å². The maximum Gasteiger partial charge on any atom is 0.243 e. The number of nitrogens with one attached hydrogen (secondary N) is 1. The molecule has 0 spiro atoms. The van der Waals surface area contributed by atoms with Crippen LogP contribution in [0.3, 0.4) is 0 Å². The second-order valence-corrected chi connectivity index (χ2v) is 5.70. The molecule has 1 fully saturated rings. The van der Waals surface area contributed by atoms with Gasteiger partial charge in [-0.3, -0.25) is 0 Å². The van der Waals surface area contributed by atoms with E-state index >= 15 is 0 Å². The van der Waals surface area contributed by atoms with Crippen LogP contribution in [0.4, 0.5) is 14.5 Å². The molecule has 2 rings (SSSR count). The van der Waals surface area contributed by atoms with E-state index in [0.29, 0.717) is 0 Å². The zero-order valence-electron chi connectivity index (χ0n) is 8.91. The van der Waals surface area contributed by atoms with E-state index in [1.807, 2.05) is 0 Å². The lowest BCUT2D eigenvalue weighted by Crippen LogP contribution is -2.39. The molecule has 0 radical (unpaired) electrons. The van der Waals surface area contributed by atoms with Gasteiger partial charge in [-0.15, -0.1) is 0 Å². The highest BCUT2D eigenvalue weighted by Gasteiger charge is 2.28. The lowest BCUT2D eigenvalue weighted by Gasteiger charge is -2.26. The molecule has 4 nitrogen and oxygen atoms in total. The minimum atomic E-state index is -3.96. The number of rotatable bonds is 3. The maximum atomic E-state index is 13.5. The lowest BCUT2D eigenvalue weighted by atomic mass is 9.94. The van der Waals surface area contributed by atoms with Gasteiger partial charge in [0, 0.05) is 6.04 Å². The summed E-state index contributed by atoms with van der Waals surface area (Å²) in [5, 5.41) is 0. The first kappa shape index (κ1) is 12.3. The summed E-state index contributed by atoms with van der Waals surface area (Å²) >= 11 is 0. The Morgan fingerprint density at radius 3 is 2.47 bits per heavy atom. The molecule has 0 bridgehead atoms. The highest BCUT2D eigenvalue weighted by molar-refractivity contribution is 7.89. The van der Waals surface area contributed by atoms with Crippen molar-refractivity contribution in [1.29, 1.82) is 0 Å². The van der Waals surface area contributed by atoms with E-state index in [9.17, 15) is 17.2 Å². The molecule has 0 amide bonds. The van der Waals surface area contributed by atoms with Gasteiger partial charge in [0.1, 0.15) is 16.4 Å². The van der Waals surface area contributed by atoms with Gasteiger partial charge in [-0.05, 0) is 25.0 Å². The number of hydrogen-bond acceptors (Lipinski definition) is 3. The molecule has 94 valence electrons. The average molecular weight is 262 g/mol. The summed E-state index contributed by atoms with van der Waals surface area (Å²) in [6.07, 6.45) is 2.41. The molecule has 1 aromatic rings. The molecule has 0 aromatic heterocycles. The molecule has 1 saturated carbocycles. The molecule has 17 heavy (non-hydrogen) atoms. The molecule has 1 aliphatic carbocycles. The Morgan fingerprint density at radius 1 is 1.29 bits per heavy atom. The first-order valence-electron chi connectivity index (χ1n) is 5.17. The zero-order chi connectivity index (χ0) is 12.6. The van der Waals surface area contributed by atoms with E-state index < -0.39 is 32.2 Å². The number of hydrogen-bond donors (Lipinski definition) is 2. The Hall–Kier alpha value is -1.21. The quantitative estimate of drug-likeness (QED) is 0.808. The summed E-state index contributed by atoms with van der Waals surface area (Å²) in [5.74, 6) is -2.21. The molecule has 0 unspecified atom stereocenters. The molecule has 0 saturated heterocycles. The predicted octanol–water partition coefficient (Wildman–Crippen LogP) is 1.38. The van der Waals surface area contributed by atoms with Crippen LogP contribution in [0, 0.1) is 11.6 Å². The fourth-order valence-electron chi connectivity index (χ4n) is 1.57. The normalized spacial score (nSPS) is 16.8. The highest BCUT2D eigenvalue weighted by atomic mass is 32.2. The number of sulfonamides is 1. The monoisotopic (exact) mass is 262 g/mol. The van der Waals surface area contributed by atoms with Gasteiger partial charge in [0.2, 0.25) is 10.0 Å². The molecule has 0 atom stereocenters. The molecule has 1 aliphatic rings. The van der Waals surface area contributed by atoms with E-state index in [1.54, 1.807) is 0 Å². The van der Waals surface area contributed by atoms with Gasteiger partial charge in [0.05, 0.1) is 0 Å². The van der Waals surface area contributed by atoms with E-state index in [4.69, 9.17) is 5.73 Å². The Kier molecular flexibility index (Phi) is 3.05. The van der Waals surface area contributed by atoms with Crippen molar-refractivity contribution in [2.45, 2.75) is 30.2 Å².